The van der Waals surface area contributed by atoms with E-state index >= 15 is 0 Å². The van der Waals surface area contributed by atoms with Crippen LogP contribution in [0.2, 0.25) is 0 Å². The predicted molar refractivity (Wildman–Crippen MR) is 69.6 cm³/mol. The highest BCUT2D eigenvalue weighted by atomic mass is 32.2. The summed E-state index contributed by atoms with van der Waals surface area (Å²) in [7, 11) is 0. The van der Waals surface area contributed by atoms with Gasteiger partial charge in [-0.3, -0.25) is 14.5 Å². The Hall–Kier alpha value is -2.19. The smallest absolute Gasteiger partial charge is 0.294 e. The fourth-order valence-corrected chi connectivity index (χ4v) is 2.29. The summed E-state index contributed by atoms with van der Waals surface area (Å²) < 4.78 is 0. The van der Waals surface area contributed by atoms with Crippen LogP contribution in [0.25, 0.3) is 6.08 Å². The zero-order valence-electron chi connectivity index (χ0n) is 9.29. The van der Waals surface area contributed by atoms with Gasteiger partial charge in [0.2, 0.25) is 0 Å². The Morgan fingerprint density at radius 3 is 2.61 bits per heavy atom. The van der Waals surface area contributed by atoms with E-state index in [1.807, 2.05) is 0 Å². The summed E-state index contributed by atoms with van der Waals surface area (Å²) in [6.45, 7) is -0.0163. The third-order valence-electron chi connectivity index (χ3n) is 2.31. The van der Waals surface area contributed by atoms with Gasteiger partial charge < -0.3 is 5.11 Å². The first kappa shape index (κ1) is 12.3. The zero-order chi connectivity index (χ0) is 13.1. The monoisotopic (exact) mass is 259 g/mol. The zero-order valence-corrected chi connectivity index (χ0v) is 10.1. The Kier molecular flexibility index (Phi) is 3.40. The quantitative estimate of drug-likeness (QED) is 0.652. The van der Waals surface area contributed by atoms with E-state index in [-0.39, 0.29) is 23.4 Å². The number of phenols is 1. The van der Waals surface area contributed by atoms with Crippen molar-refractivity contribution in [2.45, 2.75) is 0 Å². The lowest BCUT2D eigenvalue weighted by atomic mass is 10.2. The van der Waals surface area contributed by atoms with Crippen molar-refractivity contribution in [3.05, 3.63) is 34.7 Å². The second-order valence-electron chi connectivity index (χ2n) is 3.56. The van der Waals surface area contributed by atoms with Gasteiger partial charge in [0, 0.05) is 0 Å². The molecule has 0 aliphatic carbocycles. The Bertz CT molecular complexity index is 569. The summed E-state index contributed by atoms with van der Waals surface area (Å²) in [4.78, 5) is 24.7. The van der Waals surface area contributed by atoms with Crippen LogP contribution in [-0.4, -0.2) is 27.7 Å². The van der Waals surface area contributed by atoms with Gasteiger partial charge in [-0.15, -0.1) is 6.42 Å². The van der Waals surface area contributed by atoms with Crippen LogP contribution in [0.4, 0.5) is 4.79 Å². The minimum Gasteiger partial charge on any atom is -0.508 e. The molecule has 1 heterocycles. The van der Waals surface area contributed by atoms with Crippen molar-refractivity contribution >= 4 is 29.0 Å². The van der Waals surface area contributed by atoms with Gasteiger partial charge in [0.25, 0.3) is 11.1 Å². The van der Waals surface area contributed by atoms with E-state index in [1.54, 1.807) is 18.2 Å². The molecule has 0 spiro atoms. The number of carbonyl (C=O) groups excluding carboxylic acids is 2. The van der Waals surface area contributed by atoms with E-state index in [4.69, 9.17) is 11.5 Å². The maximum absolute atomic E-state index is 11.8. The molecule has 0 saturated carbocycles. The van der Waals surface area contributed by atoms with Crippen molar-refractivity contribution in [3.63, 3.8) is 0 Å². The fourth-order valence-electron chi connectivity index (χ4n) is 1.45. The second-order valence-corrected chi connectivity index (χ2v) is 4.56. The van der Waals surface area contributed by atoms with Gasteiger partial charge in [-0.05, 0) is 35.5 Å². The summed E-state index contributed by atoms with van der Waals surface area (Å²) in [5.41, 5.74) is 0.735. The van der Waals surface area contributed by atoms with E-state index in [9.17, 15) is 9.59 Å². The number of imide groups is 1. The Balaban J connectivity index is 2.25. The largest absolute Gasteiger partial charge is 0.508 e. The Morgan fingerprint density at radius 1 is 1.33 bits per heavy atom. The normalized spacial score (nSPS) is 17.3. The minimum absolute atomic E-state index is 0.0163. The average Bonchev–Trinajstić information content (AvgIpc) is 2.60. The van der Waals surface area contributed by atoms with Crippen LogP contribution in [-0.2, 0) is 4.79 Å². The lowest BCUT2D eigenvalue weighted by Gasteiger charge is -2.06. The van der Waals surface area contributed by atoms with Crippen LogP contribution < -0.4 is 0 Å². The van der Waals surface area contributed by atoms with Crippen LogP contribution >= 0.6 is 11.8 Å². The molecular formula is C13H9NO3S. The number of hydrogen-bond donors (Lipinski definition) is 1. The number of nitrogens with zero attached hydrogens (tertiary/aromatic N) is 1. The maximum Gasteiger partial charge on any atom is 0.294 e. The van der Waals surface area contributed by atoms with E-state index in [0.29, 0.717) is 4.91 Å². The number of terminal acetylenes is 1. The molecule has 1 N–H and O–H groups in total. The first-order chi connectivity index (χ1) is 8.61. The Morgan fingerprint density at radius 2 is 2.00 bits per heavy atom. The molecule has 0 unspecified atom stereocenters. The lowest BCUT2D eigenvalue weighted by Crippen LogP contribution is -2.28. The molecule has 1 aliphatic heterocycles. The van der Waals surface area contributed by atoms with Crippen LogP contribution in [0.15, 0.2) is 29.2 Å². The number of hydrogen-bond acceptors (Lipinski definition) is 4. The summed E-state index contributed by atoms with van der Waals surface area (Å²) in [6.07, 6.45) is 6.69. The summed E-state index contributed by atoms with van der Waals surface area (Å²) in [5, 5.41) is 8.79. The highest BCUT2D eigenvalue weighted by molar-refractivity contribution is 8.18. The van der Waals surface area contributed by atoms with Gasteiger partial charge in [-0.25, -0.2) is 0 Å². The molecule has 0 bridgehead atoms. The molecule has 5 heteroatoms. The van der Waals surface area contributed by atoms with Crippen LogP contribution in [0.3, 0.4) is 0 Å². The molecular weight excluding hydrogens is 250 g/mol. The SMILES string of the molecule is C#CCN1C(=O)S/C(=C\c2ccc(O)cc2)C1=O. The van der Waals surface area contributed by atoms with Crippen molar-refractivity contribution in [3.8, 4) is 18.1 Å². The predicted octanol–water partition coefficient (Wildman–Crippen LogP) is 2.06. The lowest BCUT2D eigenvalue weighted by molar-refractivity contribution is -0.122. The molecule has 4 nitrogen and oxygen atoms in total. The molecule has 1 aliphatic rings. The second kappa shape index (κ2) is 4.98. The third-order valence-corrected chi connectivity index (χ3v) is 3.22. The Labute approximate surface area is 108 Å². The molecule has 1 aromatic rings. The van der Waals surface area contributed by atoms with Crippen molar-refractivity contribution in [1.29, 1.82) is 0 Å². The standard InChI is InChI=1S/C13H9NO3S/c1-2-7-14-12(16)11(18-13(14)17)8-9-3-5-10(15)6-4-9/h1,3-6,8,15H,7H2/b11-8-. The third kappa shape index (κ3) is 2.39. The van der Waals surface area contributed by atoms with Crippen LogP contribution in [0, 0.1) is 12.3 Å². The topological polar surface area (TPSA) is 57.6 Å². The maximum atomic E-state index is 11.8. The molecule has 0 atom stereocenters. The molecule has 0 aromatic heterocycles. The number of thioether (sulfide) groups is 1. The van der Waals surface area contributed by atoms with Gasteiger partial charge in [-0.2, -0.15) is 0 Å². The number of carbonyl (C=O) groups is 2. The molecule has 1 fully saturated rings. The van der Waals surface area contributed by atoms with Gasteiger partial charge in [0.1, 0.15) is 5.75 Å². The van der Waals surface area contributed by atoms with Crippen LogP contribution in [0.5, 0.6) is 5.75 Å². The van der Waals surface area contributed by atoms with E-state index < -0.39 is 0 Å². The molecule has 0 radical (unpaired) electrons. The molecule has 18 heavy (non-hydrogen) atoms. The van der Waals surface area contributed by atoms with Crippen molar-refractivity contribution in [1.82, 2.24) is 4.90 Å². The highest BCUT2D eigenvalue weighted by Gasteiger charge is 2.34. The minimum atomic E-state index is -0.379. The molecule has 90 valence electrons. The van der Waals surface area contributed by atoms with Crippen molar-refractivity contribution in [2.75, 3.05) is 6.54 Å². The number of aromatic hydroxyl groups is 1. The highest BCUT2D eigenvalue weighted by Crippen LogP contribution is 2.31. The summed E-state index contributed by atoms with van der Waals surface area (Å²) in [5.74, 6) is 2.04. The van der Waals surface area contributed by atoms with Gasteiger partial charge >= 0.3 is 0 Å². The molecule has 1 aromatic carbocycles. The van der Waals surface area contributed by atoms with E-state index in [2.05, 4.69) is 5.92 Å². The molecule has 2 rings (SSSR count). The number of benzene rings is 1. The fraction of sp³-hybridized carbons (Fsp3) is 0.0769. The van der Waals surface area contributed by atoms with Crippen molar-refractivity contribution in [2.24, 2.45) is 0 Å². The van der Waals surface area contributed by atoms with Gasteiger partial charge in [0.05, 0.1) is 11.4 Å². The first-order valence-electron chi connectivity index (χ1n) is 5.09. The van der Waals surface area contributed by atoms with E-state index in [1.165, 1.54) is 12.1 Å². The average molecular weight is 259 g/mol. The summed E-state index contributed by atoms with van der Waals surface area (Å²) in [6, 6.07) is 6.34. The number of phenolic OH excluding ortho intramolecular Hbond substituents is 1. The summed E-state index contributed by atoms with van der Waals surface area (Å²) >= 11 is 0.861. The first-order valence-corrected chi connectivity index (χ1v) is 5.91. The van der Waals surface area contributed by atoms with Gasteiger partial charge in [-0.1, -0.05) is 18.1 Å². The van der Waals surface area contributed by atoms with Crippen molar-refractivity contribution < 1.29 is 14.7 Å². The van der Waals surface area contributed by atoms with Gasteiger partial charge in [0.15, 0.2) is 0 Å². The molecule has 1 saturated heterocycles. The van der Waals surface area contributed by atoms with Crippen LogP contribution in [0.1, 0.15) is 5.56 Å². The van der Waals surface area contributed by atoms with E-state index in [0.717, 1.165) is 22.2 Å². The number of rotatable bonds is 2. The number of amides is 2. The molecule has 2 amide bonds.